The molecule has 1 saturated heterocycles. The molecule has 4 rings (SSSR count). The zero-order valence-electron chi connectivity index (χ0n) is 24.8. The molecule has 0 spiro atoms. The first kappa shape index (κ1) is 30.2. The highest BCUT2D eigenvalue weighted by atomic mass is 16.5. The number of ether oxygens (including phenoxy) is 1. The van der Waals surface area contributed by atoms with Crippen molar-refractivity contribution in [1.29, 1.82) is 0 Å². The van der Waals surface area contributed by atoms with E-state index in [0.717, 1.165) is 21.9 Å². The van der Waals surface area contributed by atoms with Gasteiger partial charge in [0, 0.05) is 6.54 Å². The standard InChI is InChI=1S/C32H42N4O5/c1-7-32(6)15-14-22-10-11-23-12-13-24(18-25(23)17-22)21(5)41-30(39)26-9-8-16-36(35-26)29(38)20(4)33-28(37)27(19(2)3)34-31(32)40/h10-15,17-21,26-27,35H,7-9,16H2,1-6H3,(H,33,37)(H,34,40)/b15-14+/t20-,21+,26-,27-,32-/m0/s1. The summed E-state index contributed by atoms with van der Waals surface area (Å²) in [5, 5.41) is 9.12. The highest BCUT2D eigenvalue weighted by Crippen LogP contribution is 2.28. The van der Waals surface area contributed by atoms with E-state index in [1.54, 1.807) is 6.92 Å². The summed E-state index contributed by atoms with van der Waals surface area (Å²) in [5.74, 6) is -1.71. The van der Waals surface area contributed by atoms with E-state index in [0.29, 0.717) is 25.8 Å². The minimum atomic E-state index is -0.869. The van der Waals surface area contributed by atoms with Gasteiger partial charge in [0.1, 0.15) is 24.2 Å². The Labute approximate surface area is 242 Å². The van der Waals surface area contributed by atoms with E-state index in [4.69, 9.17) is 4.74 Å². The van der Waals surface area contributed by atoms with Crippen LogP contribution in [0.15, 0.2) is 42.5 Å². The van der Waals surface area contributed by atoms with Crippen molar-refractivity contribution in [2.24, 2.45) is 11.3 Å². The third-order valence-electron chi connectivity index (χ3n) is 8.25. The summed E-state index contributed by atoms with van der Waals surface area (Å²) in [7, 11) is 0. The monoisotopic (exact) mass is 562 g/mol. The van der Waals surface area contributed by atoms with Gasteiger partial charge in [0.2, 0.25) is 11.8 Å². The molecule has 2 aliphatic heterocycles. The van der Waals surface area contributed by atoms with Crippen LogP contribution in [-0.4, -0.2) is 53.4 Å². The van der Waals surface area contributed by atoms with Crippen LogP contribution in [-0.2, 0) is 23.9 Å². The van der Waals surface area contributed by atoms with Gasteiger partial charge in [-0.15, -0.1) is 0 Å². The summed E-state index contributed by atoms with van der Waals surface area (Å²) in [4.78, 5) is 53.2. The van der Waals surface area contributed by atoms with Crippen LogP contribution in [0.3, 0.4) is 0 Å². The van der Waals surface area contributed by atoms with Gasteiger partial charge in [0.25, 0.3) is 5.91 Å². The van der Waals surface area contributed by atoms with Gasteiger partial charge in [-0.2, -0.15) is 0 Å². The van der Waals surface area contributed by atoms with Gasteiger partial charge in [-0.05, 0) is 80.0 Å². The van der Waals surface area contributed by atoms with E-state index in [-0.39, 0.29) is 17.7 Å². The van der Waals surface area contributed by atoms with Crippen molar-refractivity contribution in [1.82, 2.24) is 21.1 Å². The Morgan fingerprint density at radius 1 is 1.02 bits per heavy atom. The number of hydrogen-bond acceptors (Lipinski definition) is 6. The molecule has 5 atom stereocenters. The number of nitrogens with zero attached hydrogens (tertiary/aromatic N) is 1. The van der Waals surface area contributed by atoms with Crippen molar-refractivity contribution in [2.45, 2.75) is 85.0 Å². The molecule has 0 radical (unpaired) electrons. The van der Waals surface area contributed by atoms with Crippen LogP contribution in [0, 0.1) is 11.3 Å². The molecule has 9 heteroatoms. The van der Waals surface area contributed by atoms with E-state index < -0.39 is 41.5 Å². The molecule has 0 aromatic heterocycles. The molecule has 9 nitrogen and oxygen atoms in total. The fraction of sp³-hybridized carbons (Fsp3) is 0.500. The fourth-order valence-corrected chi connectivity index (χ4v) is 5.15. The molecule has 0 unspecified atom stereocenters. The Morgan fingerprint density at radius 2 is 1.76 bits per heavy atom. The highest BCUT2D eigenvalue weighted by Gasteiger charge is 2.36. The van der Waals surface area contributed by atoms with Gasteiger partial charge in [-0.25, -0.2) is 5.43 Å². The predicted octanol–water partition coefficient (Wildman–Crippen LogP) is 4.03. The van der Waals surface area contributed by atoms with Gasteiger partial charge < -0.3 is 15.4 Å². The number of benzene rings is 2. The molecule has 0 saturated carbocycles. The van der Waals surface area contributed by atoms with E-state index in [9.17, 15) is 19.2 Å². The Hall–Kier alpha value is -3.72. The van der Waals surface area contributed by atoms with Crippen LogP contribution in [0.1, 0.15) is 78.0 Å². The molecule has 2 heterocycles. The summed E-state index contributed by atoms with van der Waals surface area (Å²) < 4.78 is 5.82. The number of nitrogens with one attached hydrogen (secondary N) is 3. The number of carbonyl (C=O) groups is 4. The number of amides is 3. The number of hydrazine groups is 1. The van der Waals surface area contributed by atoms with Crippen LogP contribution >= 0.6 is 0 Å². The first-order valence-electron chi connectivity index (χ1n) is 14.5. The summed E-state index contributed by atoms with van der Waals surface area (Å²) in [6.45, 7) is 11.3. The van der Waals surface area contributed by atoms with Crippen LogP contribution in [0.25, 0.3) is 16.8 Å². The van der Waals surface area contributed by atoms with Crippen LogP contribution < -0.4 is 16.1 Å². The first-order valence-corrected chi connectivity index (χ1v) is 14.5. The zero-order chi connectivity index (χ0) is 29.9. The molecule has 3 N–H and O–H groups in total. The van der Waals surface area contributed by atoms with E-state index in [2.05, 4.69) is 16.1 Å². The Balaban J connectivity index is 1.72. The van der Waals surface area contributed by atoms with Gasteiger partial charge in [0.15, 0.2) is 0 Å². The SMILES string of the molecule is CC[C@@]1(C)/C=C/c2ccc3ccc(cc3c2)[C@@H](C)OC(=O)[C@@H]2CCCN(N2)C(=O)[C@H](C)NC(=O)[C@H](C(C)C)NC1=O. The molecule has 5 bridgehead atoms. The Morgan fingerprint density at radius 3 is 2.46 bits per heavy atom. The van der Waals surface area contributed by atoms with Crippen molar-refractivity contribution in [3.8, 4) is 0 Å². The van der Waals surface area contributed by atoms with Crippen LogP contribution in [0.5, 0.6) is 0 Å². The van der Waals surface area contributed by atoms with Gasteiger partial charge in [-0.3, -0.25) is 24.2 Å². The largest absolute Gasteiger partial charge is 0.457 e. The molecule has 2 aromatic carbocycles. The smallest absolute Gasteiger partial charge is 0.325 e. The summed E-state index contributed by atoms with van der Waals surface area (Å²) in [5.41, 5.74) is 3.92. The lowest BCUT2D eigenvalue weighted by molar-refractivity contribution is -0.157. The maximum Gasteiger partial charge on any atom is 0.325 e. The molecular formula is C32H42N4O5. The number of fused-ring (bicyclic) bond motifs is 4. The topological polar surface area (TPSA) is 117 Å². The first-order chi connectivity index (χ1) is 19.4. The van der Waals surface area contributed by atoms with Crippen molar-refractivity contribution in [3.05, 3.63) is 53.6 Å². The van der Waals surface area contributed by atoms with Crippen LogP contribution in [0.2, 0.25) is 0 Å². The lowest BCUT2D eigenvalue weighted by atomic mass is 9.84. The quantitative estimate of drug-likeness (QED) is 0.476. The maximum absolute atomic E-state index is 13.5. The van der Waals surface area contributed by atoms with Gasteiger partial charge in [0.05, 0.1) is 5.41 Å². The molecule has 41 heavy (non-hydrogen) atoms. The minimum absolute atomic E-state index is 0.211. The second kappa shape index (κ2) is 12.4. The molecule has 1 fully saturated rings. The molecule has 220 valence electrons. The third-order valence-corrected chi connectivity index (χ3v) is 8.25. The second-order valence-electron chi connectivity index (χ2n) is 11.8. The molecule has 3 amide bonds. The predicted molar refractivity (Wildman–Crippen MR) is 158 cm³/mol. The number of rotatable bonds is 2. The second-order valence-corrected chi connectivity index (χ2v) is 11.8. The Kier molecular flexibility index (Phi) is 9.17. The van der Waals surface area contributed by atoms with Crippen molar-refractivity contribution in [2.75, 3.05) is 6.54 Å². The summed E-state index contributed by atoms with van der Waals surface area (Å²) >= 11 is 0. The van der Waals surface area contributed by atoms with E-state index >= 15 is 0 Å². The lowest BCUT2D eigenvalue weighted by Gasteiger charge is -2.35. The zero-order valence-corrected chi connectivity index (χ0v) is 24.8. The Bertz CT molecular complexity index is 1350. The van der Waals surface area contributed by atoms with Crippen molar-refractivity contribution in [3.63, 3.8) is 0 Å². The summed E-state index contributed by atoms with van der Waals surface area (Å²) in [6.07, 6.45) is 4.97. The molecule has 0 aliphatic carbocycles. The molecule has 2 aromatic rings. The van der Waals surface area contributed by atoms with E-state index in [1.807, 2.05) is 83.2 Å². The number of hydrogen-bond donors (Lipinski definition) is 3. The third kappa shape index (κ3) is 6.78. The van der Waals surface area contributed by atoms with Crippen molar-refractivity contribution < 1.29 is 23.9 Å². The lowest BCUT2D eigenvalue weighted by Crippen LogP contribution is -2.61. The minimum Gasteiger partial charge on any atom is -0.457 e. The normalized spacial score (nSPS) is 29.2. The van der Waals surface area contributed by atoms with Crippen molar-refractivity contribution >= 4 is 40.5 Å². The maximum atomic E-state index is 13.5. The average Bonchev–Trinajstić information content (AvgIpc) is 2.96. The number of carbonyl (C=O) groups excluding carboxylic acids is 4. The fourth-order valence-electron chi connectivity index (χ4n) is 5.15. The van der Waals surface area contributed by atoms with Gasteiger partial charge >= 0.3 is 5.97 Å². The highest BCUT2D eigenvalue weighted by molar-refractivity contribution is 5.94. The molecular weight excluding hydrogens is 520 g/mol. The van der Waals surface area contributed by atoms with E-state index in [1.165, 1.54) is 5.01 Å². The number of cyclic esters (lactones) is 1. The molecule has 2 aliphatic rings. The summed E-state index contributed by atoms with van der Waals surface area (Å²) in [6, 6.07) is 9.63. The van der Waals surface area contributed by atoms with Crippen LogP contribution in [0.4, 0.5) is 0 Å². The number of esters is 1. The van der Waals surface area contributed by atoms with Gasteiger partial charge in [-0.1, -0.05) is 57.2 Å². The average molecular weight is 563 g/mol.